The average molecular weight is 154 g/mol. The lowest BCUT2D eigenvalue weighted by Crippen LogP contribution is -2.26. The summed E-state index contributed by atoms with van der Waals surface area (Å²) in [6, 6.07) is 0. The second-order valence-electron chi connectivity index (χ2n) is 4.18. The van der Waals surface area contributed by atoms with E-state index >= 15 is 0 Å². The number of carbonyl (C=O) groups is 1. The summed E-state index contributed by atoms with van der Waals surface area (Å²) < 4.78 is 0. The maximum absolute atomic E-state index is 11.5. The first-order valence-electron chi connectivity index (χ1n) is 3.96. The summed E-state index contributed by atoms with van der Waals surface area (Å²) in [5.41, 5.74) is 0.711. The molecule has 0 aliphatic rings. The minimum Gasteiger partial charge on any atom is -0.298 e. The van der Waals surface area contributed by atoms with Gasteiger partial charge >= 0.3 is 0 Å². The third kappa shape index (κ3) is 2.87. The maximum Gasteiger partial charge on any atom is 0.144 e. The molecule has 1 nitrogen and oxygen atoms in total. The molecule has 0 amide bonds. The smallest absolute Gasteiger partial charge is 0.144 e. The molecule has 0 radical (unpaired) electrons. The monoisotopic (exact) mass is 154 g/mol. The van der Waals surface area contributed by atoms with E-state index in [-0.39, 0.29) is 17.1 Å². The molecule has 0 rings (SSSR count). The quantitative estimate of drug-likeness (QED) is 0.559. The van der Waals surface area contributed by atoms with Crippen LogP contribution in [0.25, 0.3) is 0 Å². The number of carbonyl (C=O) groups excluding carboxylic acids is 1. The normalized spacial score (nSPS) is 14.3. The molecule has 0 heterocycles. The molecule has 0 bridgehead atoms. The van der Waals surface area contributed by atoms with E-state index in [0.717, 1.165) is 5.57 Å². The molecule has 0 saturated heterocycles. The lowest BCUT2D eigenvalue weighted by molar-refractivity contribution is -0.128. The SMILES string of the molecule is C=C(C)[C@H](C)C(=O)C(C)(C)C. The molecule has 0 saturated carbocycles. The zero-order valence-corrected chi connectivity index (χ0v) is 8.19. The third-order valence-corrected chi connectivity index (χ3v) is 1.87. The van der Waals surface area contributed by atoms with Crippen LogP contribution in [0, 0.1) is 11.3 Å². The molecule has 0 fully saturated rings. The summed E-state index contributed by atoms with van der Waals surface area (Å²) in [4.78, 5) is 11.5. The van der Waals surface area contributed by atoms with Crippen LogP contribution in [0.2, 0.25) is 0 Å². The molecule has 11 heavy (non-hydrogen) atoms. The van der Waals surface area contributed by atoms with Crippen molar-refractivity contribution in [2.75, 3.05) is 0 Å². The van der Waals surface area contributed by atoms with Gasteiger partial charge in [-0.05, 0) is 6.92 Å². The number of ketones is 1. The van der Waals surface area contributed by atoms with Crippen LogP contribution in [0.5, 0.6) is 0 Å². The number of hydrogen-bond acceptors (Lipinski definition) is 1. The first-order chi connectivity index (χ1) is 4.76. The van der Waals surface area contributed by atoms with Gasteiger partial charge in [0.05, 0.1) is 0 Å². The van der Waals surface area contributed by atoms with Gasteiger partial charge in [0.25, 0.3) is 0 Å². The lowest BCUT2D eigenvalue weighted by Gasteiger charge is -2.21. The second-order valence-corrected chi connectivity index (χ2v) is 4.18. The molecule has 0 N–H and O–H groups in total. The largest absolute Gasteiger partial charge is 0.298 e. The summed E-state index contributed by atoms with van der Waals surface area (Å²) in [7, 11) is 0. The zero-order chi connectivity index (χ0) is 9.23. The Morgan fingerprint density at radius 3 is 1.82 bits per heavy atom. The summed E-state index contributed by atoms with van der Waals surface area (Å²) in [6.07, 6.45) is 0. The van der Waals surface area contributed by atoms with Crippen molar-refractivity contribution >= 4 is 5.78 Å². The van der Waals surface area contributed by atoms with Gasteiger partial charge in [-0.2, -0.15) is 0 Å². The Hall–Kier alpha value is -0.590. The van der Waals surface area contributed by atoms with Crippen LogP contribution in [0.4, 0.5) is 0 Å². The van der Waals surface area contributed by atoms with Crippen LogP contribution in [0.1, 0.15) is 34.6 Å². The van der Waals surface area contributed by atoms with E-state index in [1.165, 1.54) is 0 Å². The van der Waals surface area contributed by atoms with Crippen molar-refractivity contribution < 1.29 is 4.79 Å². The molecule has 0 spiro atoms. The second kappa shape index (κ2) is 3.21. The van der Waals surface area contributed by atoms with E-state index in [2.05, 4.69) is 6.58 Å². The first kappa shape index (κ1) is 10.4. The summed E-state index contributed by atoms with van der Waals surface area (Å²) in [6.45, 7) is 13.4. The van der Waals surface area contributed by atoms with E-state index in [0.29, 0.717) is 0 Å². The van der Waals surface area contributed by atoms with Gasteiger partial charge in [0.2, 0.25) is 0 Å². The highest BCUT2D eigenvalue weighted by molar-refractivity contribution is 5.87. The Morgan fingerprint density at radius 1 is 1.36 bits per heavy atom. The van der Waals surface area contributed by atoms with Crippen LogP contribution < -0.4 is 0 Å². The molecule has 64 valence electrons. The van der Waals surface area contributed by atoms with Crippen LogP contribution in [0.15, 0.2) is 12.2 Å². The maximum atomic E-state index is 11.5. The minimum absolute atomic E-state index is 0.00463. The van der Waals surface area contributed by atoms with Gasteiger partial charge in [0, 0.05) is 11.3 Å². The number of allylic oxidation sites excluding steroid dienone is 1. The number of rotatable bonds is 2. The van der Waals surface area contributed by atoms with E-state index in [4.69, 9.17) is 0 Å². The van der Waals surface area contributed by atoms with Crippen molar-refractivity contribution in [3.8, 4) is 0 Å². The van der Waals surface area contributed by atoms with Crippen molar-refractivity contribution in [3.63, 3.8) is 0 Å². The van der Waals surface area contributed by atoms with Crippen LogP contribution in [-0.2, 0) is 4.79 Å². The fraction of sp³-hybridized carbons (Fsp3) is 0.700. The molecule has 0 aromatic carbocycles. The van der Waals surface area contributed by atoms with Crippen LogP contribution in [0.3, 0.4) is 0 Å². The zero-order valence-electron chi connectivity index (χ0n) is 8.19. The van der Waals surface area contributed by atoms with E-state index in [1.807, 2.05) is 34.6 Å². The molecular formula is C10H18O. The van der Waals surface area contributed by atoms with Gasteiger partial charge in [-0.1, -0.05) is 39.8 Å². The molecule has 1 atom stereocenters. The van der Waals surface area contributed by atoms with Gasteiger partial charge in [-0.25, -0.2) is 0 Å². The van der Waals surface area contributed by atoms with Gasteiger partial charge < -0.3 is 0 Å². The summed E-state index contributed by atoms with van der Waals surface area (Å²) in [5, 5.41) is 0. The Morgan fingerprint density at radius 2 is 1.73 bits per heavy atom. The van der Waals surface area contributed by atoms with Crippen molar-refractivity contribution in [1.29, 1.82) is 0 Å². The molecule has 0 unspecified atom stereocenters. The molecule has 0 aliphatic heterocycles. The Bertz CT molecular complexity index is 172. The molecular weight excluding hydrogens is 136 g/mol. The Labute approximate surface area is 69.5 Å². The molecule has 0 aromatic heterocycles. The van der Waals surface area contributed by atoms with E-state index in [9.17, 15) is 4.79 Å². The van der Waals surface area contributed by atoms with Crippen molar-refractivity contribution in [2.45, 2.75) is 34.6 Å². The van der Waals surface area contributed by atoms with Crippen molar-refractivity contribution in [2.24, 2.45) is 11.3 Å². The van der Waals surface area contributed by atoms with Crippen LogP contribution in [-0.4, -0.2) is 5.78 Å². The first-order valence-corrected chi connectivity index (χ1v) is 3.96. The summed E-state index contributed by atoms with van der Waals surface area (Å²) >= 11 is 0. The predicted molar refractivity (Wildman–Crippen MR) is 48.4 cm³/mol. The fourth-order valence-corrected chi connectivity index (χ4v) is 0.873. The van der Waals surface area contributed by atoms with Crippen molar-refractivity contribution in [3.05, 3.63) is 12.2 Å². The topological polar surface area (TPSA) is 17.1 Å². The predicted octanol–water partition coefficient (Wildman–Crippen LogP) is 2.81. The molecule has 1 heteroatoms. The summed E-state index contributed by atoms with van der Waals surface area (Å²) in [5.74, 6) is 0.264. The van der Waals surface area contributed by atoms with Crippen molar-refractivity contribution in [1.82, 2.24) is 0 Å². The van der Waals surface area contributed by atoms with E-state index in [1.54, 1.807) is 0 Å². The minimum atomic E-state index is -0.238. The van der Waals surface area contributed by atoms with Crippen LogP contribution >= 0.6 is 0 Å². The molecule has 0 aromatic rings. The number of hydrogen-bond donors (Lipinski definition) is 0. The van der Waals surface area contributed by atoms with Gasteiger partial charge in [-0.3, -0.25) is 4.79 Å². The Kier molecular flexibility index (Phi) is 3.03. The highest BCUT2D eigenvalue weighted by Crippen LogP contribution is 2.23. The molecule has 0 aliphatic carbocycles. The standard InChI is InChI=1S/C10H18O/c1-7(2)8(3)9(11)10(4,5)6/h8H,1H2,2-6H3/t8-/m0/s1. The Balaban J connectivity index is 4.39. The van der Waals surface area contributed by atoms with Gasteiger partial charge in [-0.15, -0.1) is 0 Å². The lowest BCUT2D eigenvalue weighted by atomic mass is 9.81. The van der Waals surface area contributed by atoms with E-state index < -0.39 is 0 Å². The fourth-order valence-electron chi connectivity index (χ4n) is 0.873. The highest BCUT2D eigenvalue weighted by atomic mass is 16.1. The van der Waals surface area contributed by atoms with Gasteiger partial charge in [0.15, 0.2) is 0 Å². The average Bonchev–Trinajstić information content (AvgIpc) is 1.82. The highest BCUT2D eigenvalue weighted by Gasteiger charge is 2.26. The number of Topliss-reactive ketones (excluding diaryl/α,β-unsaturated/α-hetero) is 1. The van der Waals surface area contributed by atoms with Gasteiger partial charge in [0.1, 0.15) is 5.78 Å². The third-order valence-electron chi connectivity index (χ3n) is 1.87.